The molecule has 0 bridgehead atoms. The summed E-state index contributed by atoms with van der Waals surface area (Å²) >= 11 is 0. The number of amides is 2. The van der Waals surface area contributed by atoms with Crippen molar-refractivity contribution < 1.29 is 22.9 Å². The first kappa shape index (κ1) is 25.4. The van der Waals surface area contributed by atoms with Crippen molar-refractivity contribution in [1.82, 2.24) is 25.3 Å². The van der Waals surface area contributed by atoms with Crippen LogP contribution in [0.1, 0.15) is 35.7 Å². The van der Waals surface area contributed by atoms with Gasteiger partial charge < -0.3 is 14.7 Å². The van der Waals surface area contributed by atoms with Gasteiger partial charge in [0, 0.05) is 31.7 Å². The molecule has 0 radical (unpaired) electrons. The third-order valence-corrected chi connectivity index (χ3v) is 6.23. The lowest BCUT2D eigenvalue weighted by molar-refractivity contribution is -0.136. The average Bonchev–Trinajstić information content (AvgIpc) is 3.31. The lowest BCUT2D eigenvalue weighted by Gasteiger charge is -2.36. The Bertz CT molecular complexity index is 1200. The summed E-state index contributed by atoms with van der Waals surface area (Å²) in [4.78, 5) is 34.0. The molecule has 1 aliphatic heterocycles. The first-order valence-corrected chi connectivity index (χ1v) is 11.9. The smallest absolute Gasteiger partial charge is 0.257 e. The maximum Gasteiger partial charge on any atom is 0.257 e. The first-order valence-electron chi connectivity index (χ1n) is 11.9. The second-order valence-corrected chi connectivity index (χ2v) is 9.27. The van der Waals surface area contributed by atoms with Gasteiger partial charge in [0.05, 0.1) is 6.54 Å². The highest BCUT2D eigenvalue weighted by molar-refractivity contribution is 5.98. The van der Waals surface area contributed by atoms with E-state index in [0.717, 1.165) is 23.3 Å². The third-order valence-electron chi connectivity index (χ3n) is 6.23. The summed E-state index contributed by atoms with van der Waals surface area (Å²) in [6, 6.07) is 10.2. The Morgan fingerprint density at radius 2 is 1.67 bits per heavy atom. The van der Waals surface area contributed by atoms with E-state index in [0.29, 0.717) is 44.4 Å². The van der Waals surface area contributed by atoms with Crippen LogP contribution in [0.5, 0.6) is 0 Å². The molecule has 3 aromatic rings. The summed E-state index contributed by atoms with van der Waals surface area (Å²) in [6.45, 7) is 8.04. The Hall–Kier alpha value is -3.66. The van der Waals surface area contributed by atoms with Crippen LogP contribution in [0.3, 0.4) is 0 Å². The van der Waals surface area contributed by atoms with Crippen molar-refractivity contribution in [2.24, 2.45) is 5.92 Å². The van der Waals surface area contributed by atoms with Gasteiger partial charge in [0.2, 0.25) is 17.6 Å². The largest absolute Gasteiger partial charge is 0.340 e. The van der Waals surface area contributed by atoms with Crippen molar-refractivity contribution in [1.29, 1.82) is 0 Å². The van der Waals surface area contributed by atoms with Crippen molar-refractivity contribution in [3.8, 4) is 11.4 Å². The van der Waals surface area contributed by atoms with E-state index in [4.69, 9.17) is 4.52 Å². The minimum absolute atomic E-state index is 0.270. The fourth-order valence-electron chi connectivity index (χ4n) is 4.10. The van der Waals surface area contributed by atoms with Crippen LogP contribution >= 0.6 is 0 Å². The van der Waals surface area contributed by atoms with E-state index in [2.05, 4.69) is 20.4 Å². The number of aromatic nitrogens is 2. The van der Waals surface area contributed by atoms with Crippen molar-refractivity contribution in [2.75, 3.05) is 26.2 Å². The lowest BCUT2D eigenvalue weighted by Crippen LogP contribution is -2.56. The van der Waals surface area contributed by atoms with Gasteiger partial charge in [-0.2, -0.15) is 4.98 Å². The summed E-state index contributed by atoms with van der Waals surface area (Å²) in [6.07, 6.45) is 0. The molecule has 0 saturated carbocycles. The third kappa shape index (κ3) is 5.76. The number of halogens is 2. The van der Waals surface area contributed by atoms with E-state index in [9.17, 15) is 18.4 Å². The highest BCUT2D eigenvalue weighted by Gasteiger charge is 2.32. The summed E-state index contributed by atoms with van der Waals surface area (Å²) in [5.74, 6) is -2.42. The Kier molecular flexibility index (Phi) is 7.73. The number of hydrogen-bond acceptors (Lipinski definition) is 6. The molecule has 1 saturated heterocycles. The van der Waals surface area contributed by atoms with Gasteiger partial charge in [-0.15, -0.1) is 0 Å². The molecule has 36 heavy (non-hydrogen) atoms. The molecule has 1 N–H and O–H groups in total. The van der Waals surface area contributed by atoms with Crippen molar-refractivity contribution in [2.45, 2.75) is 33.4 Å². The highest BCUT2D eigenvalue weighted by Crippen LogP contribution is 2.18. The number of nitrogens with zero attached hydrogens (tertiary/aromatic N) is 4. The fourth-order valence-corrected chi connectivity index (χ4v) is 4.10. The van der Waals surface area contributed by atoms with Gasteiger partial charge in [0.25, 0.3) is 5.91 Å². The molecule has 10 heteroatoms. The van der Waals surface area contributed by atoms with Crippen LogP contribution in [-0.2, 0) is 11.3 Å². The van der Waals surface area contributed by atoms with Gasteiger partial charge in [-0.3, -0.25) is 14.5 Å². The maximum absolute atomic E-state index is 14.0. The van der Waals surface area contributed by atoms with Crippen LogP contribution in [0.4, 0.5) is 8.78 Å². The minimum Gasteiger partial charge on any atom is -0.340 e. The predicted octanol–water partition coefficient (Wildman–Crippen LogP) is 3.42. The van der Waals surface area contributed by atoms with E-state index in [1.807, 2.05) is 31.2 Å². The summed E-state index contributed by atoms with van der Waals surface area (Å²) in [5, 5.41) is 6.59. The topological polar surface area (TPSA) is 91.6 Å². The van der Waals surface area contributed by atoms with Crippen LogP contribution in [-0.4, -0.2) is 64.0 Å². The van der Waals surface area contributed by atoms with E-state index >= 15 is 0 Å². The van der Waals surface area contributed by atoms with Gasteiger partial charge in [-0.05, 0) is 25.0 Å². The molecule has 2 heterocycles. The van der Waals surface area contributed by atoms with Crippen LogP contribution in [0.25, 0.3) is 11.4 Å². The number of nitrogens with one attached hydrogen (secondary N) is 1. The van der Waals surface area contributed by atoms with Crippen LogP contribution in [0, 0.1) is 24.5 Å². The van der Waals surface area contributed by atoms with Crippen molar-refractivity contribution in [3.05, 3.63) is 71.1 Å². The van der Waals surface area contributed by atoms with E-state index in [-0.39, 0.29) is 11.8 Å². The van der Waals surface area contributed by atoms with Crippen LogP contribution in [0.15, 0.2) is 47.0 Å². The molecule has 2 amide bonds. The van der Waals surface area contributed by atoms with Crippen molar-refractivity contribution >= 4 is 11.8 Å². The zero-order valence-corrected chi connectivity index (χ0v) is 20.5. The minimum atomic E-state index is -0.970. The highest BCUT2D eigenvalue weighted by atomic mass is 19.1. The average molecular weight is 498 g/mol. The maximum atomic E-state index is 14.0. The fraction of sp³-hybridized carbons (Fsp3) is 0.385. The molecule has 8 nitrogen and oxygen atoms in total. The molecule has 1 aromatic heterocycles. The number of rotatable bonds is 7. The number of hydrogen-bond donors (Lipinski definition) is 1. The number of carbonyl (C=O) groups is 2. The van der Waals surface area contributed by atoms with Gasteiger partial charge in [-0.25, -0.2) is 8.78 Å². The molecule has 0 aliphatic carbocycles. The Morgan fingerprint density at radius 1 is 1.03 bits per heavy atom. The summed E-state index contributed by atoms with van der Waals surface area (Å²) in [5.41, 5.74) is 1.34. The lowest BCUT2D eigenvalue weighted by atomic mass is 10.0. The molecular weight excluding hydrogens is 468 g/mol. The number of benzene rings is 2. The molecule has 190 valence electrons. The Labute approximate surface area is 208 Å². The van der Waals surface area contributed by atoms with Gasteiger partial charge in [-0.1, -0.05) is 54.9 Å². The Balaban J connectivity index is 1.34. The van der Waals surface area contributed by atoms with Gasteiger partial charge in [0.15, 0.2) is 0 Å². The molecular formula is C26H29F2N5O3. The second kappa shape index (κ2) is 10.9. The van der Waals surface area contributed by atoms with Gasteiger partial charge in [0.1, 0.15) is 23.2 Å². The standard InChI is InChI=1S/C26H29F2N5O3/c1-16(2)23(30-25(34)22-19(27)5-4-6-20(22)28)26(35)33-13-11-32(12-14-33)15-21-29-24(31-36-21)18-9-7-17(3)8-10-18/h4-10,16,23H,11-15H2,1-3H3,(H,30,34)/t23-/m0/s1. The monoisotopic (exact) mass is 497 g/mol. The van der Waals surface area contributed by atoms with E-state index in [1.54, 1.807) is 18.7 Å². The quantitative estimate of drug-likeness (QED) is 0.538. The second-order valence-electron chi connectivity index (χ2n) is 9.27. The molecule has 1 aliphatic rings. The summed E-state index contributed by atoms with van der Waals surface area (Å²) < 4.78 is 33.5. The van der Waals surface area contributed by atoms with E-state index < -0.39 is 29.1 Å². The summed E-state index contributed by atoms with van der Waals surface area (Å²) in [7, 11) is 0. The molecule has 1 fully saturated rings. The normalized spacial score (nSPS) is 15.2. The SMILES string of the molecule is Cc1ccc(-c2noc(CN3CCN(C(=O)[C@@H](NC(=O)c4c(F)cccc4F)C(C)C)CC3)n2)cc1. The van der Waals surface area contributed by atoms with Crippen molar-refractivity contribution in [3.63, 3.8) is 0 Å². The molecule has 2 aromatic carbocycles. The number of piperazine rings is 1. The first-order chi connectivity index (χ1) is 17.2. The number of aryl methyl sites for hydroxylation is 1. The molecule has 0 spiro atoms. The number of carbonyl (C=O) groups excluding carboxylic acids is 2. The zero-order chi connectivity index (χ0) is 25.8. The molecule has 0 unspecified atom stereocenters. The zero-order valence-electron chi connectivity index (χ0n) is 20.5. The predicted molar refractivity (Wildman–Crippen MR) is 129 cm³/mol. The van der Waals surface area contributed by atoms with E-state index in [1.165, 1.54) is 6.07 Å². The Morgan fingerprint density at radius 3 is 2.28 bits per heavy atom. The molecule has 4 rings (SSSR count). The van der Waals surface area contributed by atoms with Crippen LogP contribution < -0.4 is 5.32 Å². The molecule has 1 atom stereocenters. The van der Waals surface area contributed by atoms with Gasteiger partial charge >= 0.3 is 0 Å². The van der Waals surface area contributed by atoms with Crippen LogP contribution in [0.2, 0.25) is 0 Å².